The summed E-state index contributed by atoms with van der Waals surface area (Å²) in [6.45, 7) is 3.78. The maximum Gasteiger partial charge on any atom is 0.270 e. The van der Waals surface area contributed by atoms with Gasteiger partial charge < -0.3 is 10.4 Å². The van der Waals surface area contributed by atoms with Crippen LogP contribution in [-0.4, -0.2) is 40.4 Å². The van der Waals surface area contributed by atoms with E-state index >= 15 is 0 Å². The van der Waals surface area contributed by atoms with Gasteiger partial charge in [-0.15, -0.1) is 0 Å². The average molecular weight is 411 g/mol. The van der Waals surface area contributed by atoms with Gasteiger partial charge in [0.15, 0.2) is 11.6 Å². The Morgan fingerprint density at radius 1 is 1.33 bits per heavy atom. The monoisotopic (exact) mass is 411 g/mol. The Morgan fingerprint density at radius 3 is 2.87 bits per heavy atom. The van der Waals surface area contributed by atoms with Crippen LogP contribution in [-0.2, 0) is 6.54 Å². The summed E-state index contributed by atoms with van der Waals surface area (Å²) >= 11 is 0. The number of non-ortho nitro benzene ring substituents is 1. The lowest BCUT2D eigenvalue weighted by Crippen LogP contribution is -2.11. The lowest BCUT2D eigenvalue weighted by molar-refractivity contribution is -0.384. The normalized spacial score (nSPS) is 12.3. The topological polar surface area (TPSA) is 124 Å². The van der Waals surface area contributed by atoms with Gasteiger partial charge >= 0.3 is 0 Å². The summed E-state index contributed by atoms with van der Waals surface area (Å²) in [5.41, 5.74) is 1.88. The second kappa shape index (κ2) is 7.52. The minimum absolute atomic E-state index is 0.0100. The van der Waals surface area contributed by atoms with Crippen LogP contribution >= 0.6 is 0 Å². The number of nitrogens with one attached hydrogen (secondary N) is 1. The number of nitro benzene ring substituents is 1. The zero-order valence-corrected chi connectivity index (χ0v) is 16.2. The molecule has 154 valence electrons. The first kappa shape index (κ1) is 19.5. The Hall–Kier alpha value is -3.86. The van der Waals surface area contributed by atoms with E-state index in [0.29, 0.717) is 23.1 Å². The molecule has 0 aliphatic heterocycles. The van der Waals surface area contributed by atoms with E-state index in [4.69, 9.17) is 0 Å². The molecule has 11 heteroatoms. The van der Waals surface area contributed by atoms with Crippen LogP contribution in [0.2, 0.25) is 0 Å². The van der Waals surface area contributed by atoms with Crippen molar-refractivity contribution in [3.8, 4) is 5.82 Å². The first-order valence-electron chi connectivity index (χ1n) is 9.08. The molecular weight excluding hydrogens is 393 g/mol. The van der Waals surface area contributed by atoms with Gasteiger partial charge in [-0.2, -0.15) is 10.1 Å². The number of halogens is 1. The van der Waals surface area contributed by atoms with Crippen LogP contribution in [0.15, 0.2) is 43.0 Å². The quantitative estimate of drug-likeness (QED) is 0.369. The van der Waals surface area contributed by atoms with Gasteiger partial charge in [0.05, 0.1) is 41.2 Å². The number of aliphatic hydroxyl groups excluding tert-OH is 1. The molecule has 0 aliphatic rings. The summed E-state index contributed by atoms with van der Waals surface area (Å²) < 4.78 is 17.7. The van der Waals surface area contributed by atoms with Crippen molar-refractivity contribution in [1.29, 1.82) is 0 Å². The van der Waals surface area contributed by atoms with E-state index < -0.39 is 16.8 Å². The minimum atomic E-state index is -0.638. The molecule has 0 aliphatic carbocycles. The van der Waals surface area contributed by atoms with Gasteiger partial charge in [0.25, 0.3) is 5.69 Å². The molecule has 4 rings (SSSR count). The van der Waals surface area contributed by atoms with Crippen LogP contribution in [0, 0.1) is 22.9 Å². The summed E-state index contributed by atoms with van der Waals surface area (Å²) in [6.07, 6.45) is 5.39. The van der Waals surface area contributed by atoms with E-state index in [2.05, 4.69) is 20.4 Å². The molecule has 0 fully saturated rings. The number of nitro groups is 1. The van der Waals surface area contributed by atoms with Crippen LogP contribution in [0.1, 0.15) is 12.5 Å². The Morgan fingerprint density at radius 2 is 2.13 bits per heavy atom. The smallest absolute Gasteiger partial charge is 0.270 e. The van der Waals surface area contributed by atoms with E-state index in [-0.39, 0.29) is 17.5 Å². The van der Waals surface area contributed by atoms with E-state index in [1.165, 1.54) is 16.7 Å². The molecule has 0 amide bonds. The molecule has 2 N–H and O–H groups in total. The Kier molecular flexibility index (Phi) is 4.88. The van der Waals surface area contributed by atoms with Crippen molar-refractivity contribution in [1.82, 2.24) is 24.3 Å². The van der Waals surface area contributed by atoms with Crippen molar-refractivity contribution in [2.24, 2.45) is 0 Å². The number of anilines is 2. The van der Waals surface area contributed by atoms with Crippen LogP contribution in [0.4, 0.5) is 21.7 Å². The number of aryl methyl sites for hydroxylation is 1. The highest BCUT2D eigenvalue weighted by Crippen LogP contribution is 2.28. The standard InChI is InChI=1S/C19H18FN7O3/c1-11-8-26(17-4-3-14(27(29)30)5-15(11)17)18-16(20)7-21-19(24-18)23-13-6-22-25(10-13)9-12(2)28/h3-8,10,12,28H,9H2,1-2H3,(H,21,23,24)/t12-/m1/s1. The summed E-state index contributed by atoms with van der Waals surface area (Å²) in [6, 6.07) is 4.39. The predicted octanol–water partition coefficient (Wildman–Crippen LogP) is 3.10. The number of aliphatic hydroxyl groups is 1. The van der Waals surface area contributed by atoms with Gasteiger partial charge in [-0.25, -0.2) is 9.37 Å². The molecule has 30 heavy (non-hydrogen) atoms. The first-order chi connectivity index (χ1) is 14.3. The molecule has 0 unspecified atom stereocenters. The molecule has 4 aromatic rings. The van der Waals surface area contributed by atoms with Crippen molar-refractivity contribution in [3.05, 3.63) is 64.5 Å². The Balaban J connectivity index is 1.70. The summed E-state index contributed by atoms with van der Waals surface area (Å²) in [5, 5.41) is 28.2. The number of hydrogen-bond donors (Lipinski definition) is 2. The van der Waals surface area contributed by atoms with Crippen molar-refractivity contribution in [3.63, 3.8) is 0 Å². The summed E-state index contributed by atoms with van der Waals surface area (Å²) in [5.74, 6) is -0.471. The first-order valence-corrected chi connectivity index (χ1v) is 9.08. The van der Waals surface area contributed by atoms with E-state index in [1.54, 1.807) is 43.2 Å². The van der Waals surface area contributed by atoms with Crippen molar-refractivity contribution in [2.75, 3.05) is 5.32 Å². The molecule has 1 atom stereocenters. The van der Waals surface area contributed by atoms with Crippen molar-refractivity contribution >= 4 is 28.2 Å². The zero-order chi connectivity index (χ0) is 21.4. The maximum atomic E-state index is 14.6. The molecule has 3 aromatic heterocycles. The lowest BCUT2D eigenvalue weighted by atomic mass is 10.2. The van der Waals surface area contributed by atoms with E-state index in [9.17, 15) is 19.6 Å². The van der Waals surface area contributed by atoms with Gasteiger partial charge in [0.1, 0.15) is 0 Å². The largest absolute Gasteiger partial charge is 0.391 e. The number of benzene rings is 1. The van der Waals surface area contributed by atoms with E-state index in [0.717, 1.165) is 11.8 Å². The van der Waals surface area contributed by atoms with Crippen molar-refractivity contribution in [2.45, 2.75) is 26.5 Å². The van der Waals surface area contributed by atoms with Crippen LogP contribution in [0.25, 0.3) is 16.7 Å². The average Bonchev–Trinajstić information content (AvgIpc) is 3.26. The number of nitrogens with zero attached hydrogens (tertiary/aromatic N) is 6. The van der Waals surface area contributed by atoms with Gasteiger partial charge in [0, 0.05) is 29.9 Å². The highest BCUT2D eigenvalue weighted by atomic mass is 19.1. The van der Waals surface area contributed by atoms with Crippen LogP contribution in [0.5, 0.6) is 0 Å². The lowest BCUT2D eigenvalue weighted by Gasteiger charge is -2.08. The summed E-state index contributed by atoms with van der Waals surface area (Å²) in [4.78, 5) is 18.8. The number of rotatable bonds is 6. The third-order valence-corrected chi connectivity index (χ3v) is 4.49. The number of fused-ring (bicyclic) bond motifs is 1. The molecule has 1 aromatic carbocycles. The van der Waals surface area contributed by atoms with Crippen molar-refractivity contribution < 1.29 is 14.4 Å². The fourth-order valence-electron chi connectivity index (χ4n) is 3.19. The van der Waals surface area contributed by atoms with E-state index in [1.807, 2.05) is 0 Å². The minimum Gasteiger partial charge on any atom is -0.391 e. The number of aromatic nitrogens is 5. The van der Waals surface area contributed by atoms with Crippen LogP contribution < -0.4 is 5.32 Å². The SMILES string of the molecule is Cc1cn(-c2nc(Nc3cnn(C[C@@H](C)O)c3)ncc2F)c2ccc([N+](=O)[O-])cc12. The molecular formula is C19H18FN7O3. The molecule has 0 saturated heterocycles. The molecule has 3 heterocycles. The highest BCUT2D eigenvalue weighted by Gasteiger charge is 2.17. The van der Waals surface area contributed by atoms with Gasteiger partial charge in [-0.3, -0.25) is 19.4 Å². The summed E-state index contributed by atoms with van der Waals surface area (Å²) in [7, 11) is 0. The zero-order valence-electron chi connectivity index (χ0n) is 16.2. The fourth-order valence-corrected chi connectivity index (χ4v) is 3.19. The number of hydrogen-bond acceptors (Lipinski definition) is 7. The van der Waals surface area contributed by atoms with Gasteiger partial charge in [-0.05, 0) is 25.5 Å². The molecule has 0 radical (unpaired) electrons. The molecule has 0 saturated carbocycles. The Bertz CT molecular complexity index is 1250. The second-order valence-corrected chi connectivity index (χ2v) is 6.93. The second-order valence-electron chi connectivity index (χ2n) is 6.93. The third-order valence-electron chi connectivity index (χ3n) is 4.49. The predicted molar refractivity (Wildman–Crippen MR) is 107 cm³/mol. The van der Waals surface area contributed by atoms with Crippen LogP contribution in [0.3, 0.4) is 0 Å². The third kappa shape index (κ3) is 3.70. The molecule has 0 spiro atoms. The molecule has 0 bridgehead atoms. The van der Waals surface area contributed by atoms with Gasteiger partial charge in [-0.1, -0.05) is 0 Å². The van der Waals surface area contributed by atoms with Gasteiger partial charge in [0.2, 0.25) is 5.95 Å². The Labute approximate surface area is 169 Å². The fraction of sp³-hybridized carbons (Fsp3) is 0.211. The molecule has 10 nitrogen and oxygen atoms in total. The maximum absolute atomic E-state index is 14.6. The highest BCUT2D eigenvalue weighted by molar-refractivity contribution is 5.87.